The summed E-state index contributed by atoms with van der Waals surface area (Å²) in [5.41, 5.74) is 6.05. The summed E-state index contributed by atoms with van der Waals surface area (Å²) in [5, 5.41) is 0. The van der Waals surface area contributed by atoms with Crippen LogP contribution >= 0.6 is 0 Å². The minimum absolute atomic E-state index is 0.0531. The molecule has 1 amide bonds. The van der Waals surface area contributed by atoms with Crippen LogP contribution in [0.15, 0.2) is 24.3 Å². The molecule has 1 unspecified atom stereocenters. The molecule has 21 heavy (non-hydrogen) atoms. The van der Waals surface area contributed by atoms with E-state index in [2.05, 4.69) is 0 Å². The first-order valence-corrected chi connectivity index (χ1v) is 8.72. The molecular weight excluding hydrogens is 295 g/mol. The number of sulfone groups is 1. The zero-order valence-electron chi connectivity index (χ0n) is 11.7. The van der Waals surface area contributed by atoms with Crippen LogP contribution in [0.25, 0.3) is 0 Å². The predicted molar refractivity (Wildman–Crippen MR) is 79.2 cm³/mol. The molecule has 1 aliphatic heterocycles. The van der Waals surface area contributed by atoms with Gasteiger partial charge in [-0.15, -0.1) is 0 Å². The van der Waals surface area contributed by atoms with Crippen molar-refractivity contribution >= 4 is 21.4 Å². The van der Waals surface area contributed by atoms with Crippen LogP contribution in [0.1, 0.15) is 12.8 Å². The molecule has 2 N–H and O–H groups in total. The molecule has 1 aromatic carbocycles. The predicted octanol–water partition coefficient (Wildman–Crippen LogP) is 0.942. The maximum atomic E-state index is 13.0. The van der Waals surface area contributed by atoms with Crippen LogP contribution in [0.4, 0.5) is 10.1 Å². The zero-order valence-corrected chi connectivity index (χ0v) is 12.5. The second kappa shape index (κ2) is 6.53. The summed E-state index contributed by atoms with van der Waals surface area (Å²) in [5.74, 6) is -1.17. The van der Waals surface area contributed by atoms with E-state index in [1.54, 1.807) is 0 Å². The van der Waals surface area contributed by atoms with Crippen LogP contribution in [0.5, 0.6) is 0 Å². The van der Waals surface area contributed by atoms with E-state index >= 15 is 0 Å². The number of nitrogens with zero attached hydrogens (tertiary/aromatic N) is 1. The van der Waals surface area contributed by atoms with Gasteiger partial charge in [0.2, 0.25) is 5.91 Å². The number of hydrogen-bond acceptors (Lipinski definition) is 4. The number of hydrogen-bond donors (Lipinski definition) is 1. The summed E-state index contributed by atoms with van der Waals surface area (Å²) < 4.78 is 36.0. The largest absolute Gasteiger partial charge is 0.330 e. The standard InChI is InChI=1S/C14H19FN2O3S/c15-12-2-4-13(5-3-12)17(8-1-7-16)14(18)11-6-9-21(19,20)10-11/h2-5,11H,1,6-10,16H2. The van der Waals surface area contributed by atoms with E-state index in [1.165, 1.54) is 29.2 Å². The van der Waals surface area contributed by atoms with Crippen molar-refractivity contribution < 1.29 is 17.6 Å². The highest BCUT2D eigenvalue weighted by Gasteiger charge is 2.35. The van der Waals surface area contributed by atoms with Crippen molar-refractivity contribution in [3.63, 3.8) is 0 Å². The molecule has 1 atom stereocenters. The van der Waals surface area contributed by atoms with Crippen LogP contribution < -0.4 is 10.6 Å². The fourth-order valence-electron chi connectivity index (χ4n) is 2.45. The van der Waals surface area contributed by atoms with Crippen LogP contribution in [0.2, 0.25) is 0 Å². The Labute approximate surface area is 123 Å². The zero-order chi connectivity index (χ0) is 15.5. The van der Waals surface area contributed by atoms with E-state index < -0.39 is 15.8 Å². The summed E-state index contributed by atoms with van der Waals surface area (Å²) in [6.07, 6.45) is 0.948. The van der Waals surface area contributed by atoms with Crippen molar-refractivity contribution in [3.8, 4) is 0 Å². The molecule has 1 heterocycles. The molecule has 1 aliphatic rings. The number of halogens is 1. The minimum atomic E-state index is -3.12. The van der Waals surface area contributed by atoms with Gasteiger partial charge in [0.05, 0.1) is 17.4 Å². The van der Waals surface area contributed by atoms with Crippen molar-refractivity contribution in [2.45, 2.75) is 12.8 Å². The van der Waals surface area contributed by atoms with Crippen LogP contribution in [-0.2, 0) is 14.6 Å². The van der Waals surface area contributed by atoms with Gasteiger partial charge in [-0.3, -0.25) is 4.79 Å². The van der Waals surface area contributed by atoms with Gasteiger partial charge in [-0.2, -0.15) is 0 Å². The Morgan fingerprint density at radius 1 is 1.33 bits per heavy atom. The molecule has 1 fully saturated rings. The first-order valence-electron chi connectivity index (χ1n) is 6.90. The lowest BCUT2D eigenvalue weighted by atomic mass is 10.1. The molecule has 1 aromatic rings. The molecule has 0 aromatic heterocycles. The fraction of sp³-hybridized carbons (Fsp3) is 0.500. The molecule has 0 saturated carbocycles. The van der Waals surface area contributed by atoms with Gasteiger partial charge in [0, 0.05) is 12.2 Å². The van der Waals surface area contributed by atoms with Crippen LogP contribution in [0.3, 0.4) is 0 Å². The molecule has 1 saturated heterocycles. The SMILES string of the molecule is NCCCN(C(=O)C1CCS(=O)(=O)C1)c1ccc(F)cc1. The average molecular weight is 314 g/mol. The van der Waals surface area contributed by atoms with Crippen LogP contribution in [-0.4, -0.2) is 38.9 Å². The first-order chi connectivity index (χ1) is 9.93. The number of carbonyl (C=O) groups excluding carboxylic acids is 1. The highest BCUT2D eigenvalue weighted by atomic mass is 32.2. The highest BCUT2D eigenvalue weighted by Crippen LogP contribution is 2.24. The Hall–Kier alpha value is -1.47. The smallest absolute Gasteiger partial charge is 0.231 e. The highest BCUT2D eigenvalue weighted by molar-refractivity contribution is 7.91. The Kier molecular flexibility index (Phi) is 4.95. The van der Waals surface area contributed by atoms with E-state index in [0.29, 0.717) is 31.6 Å². The Balaban J connectivity index is 2.19. The summed E-state index contributed by atoms with van der Waals surface area (Å²) in [7, 11) is -3.12. The van der Waals surface area contributed by atoms with Crippen molar-refractivity contribution in [1.82, 2.24) is 0 Å². The second-order valence-corrected chi connectivity index (χ2v) is 7.44. The molecule has 0 radical (unpaired) electrons. The summed E-state index contributed by atoms with van der Waals surface area (Å²) >= 11 is 0. The molecule has 2 rings (SSSR count). The van der Waals surface area contributed by atoms with Crippen molar-refractivity contribution in [2.24, 2.45) is 11.7 Å². The van der Waals surface area contributed by atoms with Crippen molar-refractivity contribution in [3.05, 3.63) is 30.1 Å². The van der Waals surface area contributed by atoms with Crippen molar-refractivity contribution in [1.29, 1.82) is 0 Å². The number of benzene rings is 1. The third kappa shape index (κ3) is 4.01. The van der Waals surface area contributed by atoms with E-state index in [0.717, 1.165) is 0 Å². The summed E-state index contributed by atoms with van der Waals surface area (Å²) in [6, 6.07) is 5.60. The van der Waals surface area contributed by atoms with Gasteiger partial charge in [0.15, 0.2) is 9.84 Å². The monoisotopic (exact) mass is 314 g/mol. The fourth-order valence-corrected chi connectivity index (χ4v) is 4.18. The Morgan fingerprint density at radius 3 is 2.52 bits per heavy atom. The van der Waals surface area contributed by atoms with Crippen molar-refractivity contribution in [2.75, 3.05) is 29.5 Å². The molecule has 0 spiro atoms. The molecular formula is C14H19FN2O3S. The molecule has 7 heteroatoms. The van der Waals surface area contributed by atoms with Gasteiger partial charge >= 0.3 is 0 Å². The van der Waals surface area contributed by atoms with E-state index in [4.69, 9.17) is 5.73 Å². The number of amides is 1. The lowest BCUT2D eigenvalue weighted by Gasteiger charge is -2.25. The Bertz CT molecular complexity index is 601. The van der Waals surface area contributed by atoms with E-state index in [-0.39, 0.29) is 23.2 Å². The van der Waals surface area contributed by atoms with E-state index in [9.17, 15) is 17.6 Å². The van der Waals surface area contributed by atoms with Gasteiger partial charge in [-0.05, 0) is 43.7 Å². The minimum Gasteiger partial charge on any atom is -0.330 e. The summed E-state index contributed by atoms with van der Waals surface area (Å²) in [6.45, 7) is 0.825. The van der Waals surface area contributed by atoms with Crippen LogP contribution in [0, 0.1) is 11.7 Å². The first kappa shape index (κ1) is 15.9. The van der Waals surface area contributed by atoms with Gasteiger partial charge in [-0.1, -0.05) is 0 Å². The quantitative estimate of drug-likeness (QED) is 0.877. The van der Waals surface area contributed by atoms with Gasteiger partial charge in [0.1, 0.15) is 5.82 Å². The maximum Gasteiger partial charge on any atom is 0.231 e. The summed E-state index contributed by atoms with van der Waals surface area (Å²) in [4.78, 5) is 14.1. The van der Waals surface area contributed by atoms with Gasteiger partial charge in [0.25, 0.3) is 0 Å². The number of rotatable bonds is 5. The molecule has 0 bridgehead atoms. The normalized spacial score (nSPS) is 20.4. The molecule has 0 aliphatic carbocycles. The third-order valence-corrected chi connectivity index (χ3v) is 5.34. The lowest BCUT2D eigenvalue weighted by molar-refractivity contribution is -0.121. The average Bonchev–Trinajstić information content (AvgIpc) is 2.81. The topological polar surface area (TPSA) is 80.5 Å². The Morgan fingerprint density at radius 2 is 2.00 bits per heavy atom. The number of carbonyl (C=O) groups is 1. The van der Waals surface area contributed by atoms with Gasteiger partial charge in [-0.25, -0.2) is 12.8 Å². The van der Waals surface area contributed by atoms with E-state index in [1.807, 2.05) is 0 Å². The number of anilines is 1. The number of nitrogens with two attached hydrogens (primary N) is 1. The third-order valence-electron chi connectivity index (χ3n) is 3.57. The maximum absolute atomic E-state index is 13.0. The van der Waals surface area contributed by atoms with Gasteiger partial charge < -0.3 is 10.6 Å². The molecule has 116 valence electrons. The lowest BCUT2D eigenvalue weighted by Crippen LogP contribution is -2.38. The second-order valence-electron chi connectivity index (χ2n) is 5.21. The molecule has 5 nitrogen and oxygen atoms in total.